The molecule has 0 N–H and O–H groups in total. The topological polar surface area (TPSA) is 28.5 Å². The number of aliphatic imine (C=N–C) groups is 1. The van der Waals surface area contributed by atoms with Crippen LogP contribution in [-0.2, 0) is 0 Å². The van der Waals surface area contributed by atoms with Gasteiger partial charge >= 0.3 is 6.18 Å². The Morgan fingerprint density at radius 2 is 2.17 bits per heavy atom. The highest BCUT2D eigenvalue weighted by atomic mass is 19.4. The van der Waals surface area contributed by atoms with E-state index >= 15 is 0 Å². The number of hydrogen-bond acceptors (Lipinski definition) is 3. The van der Waals surface area contributed by atoms with E-state index in [0.29, 0.717) is 5.69 Å². The molecule has 1 aliphatic rings. The first-order valence-corrected chi connectivity index (χ1v) is 5.76. The Kier molecular flexibility index (Phi) is 3.54. The number of halogens is 3. The van der Waals surface area contributed by atoms with Gasteiger partial charge in [-0.25, -0.2) is 9.98 Å². The molecule has 3 nitrogen and oxygen atoms in total. The third kappa shape index (κ3) is 2.80. The molecule has 0 aliphatic heterocycles. The normalized spacial score (nSPS) is 16.2. The Morgan fingerprint density at radius 3 is 2.67 bits per heavy atom. The molecule has 6 heteroatoms. The van der Waals surface area contributed by atoms with Crippen molar-refractivity contribution in [3.05, 3.63) is 18.3 Å². The second kappa shape index (κ2) is 4.96. The highest BCUT2D eigenvalue weighted by Gasteiger charge is 2.36. The molecule has 0 spiro atoms. The molecule has 1 aliphatic carbocycles. The maximum absolute atomic E-state index is 12.6. The molecule has 18 heavy (non-hydrogen) atoms. The quantitative estimate of drug-likeness (QED) is 0.774. The van der Waals surface area contributed by atoms with Gasteiger partial charge < -0.3 is 4.90 Å². The lowest BCUT2D eigenvalue weighted by atomic mass is 9.91. The van der Waals surface area contributed by atoms with Crippen LogP contribution in [0.1, 0.15) is 19.3 Å². The van der Waals surface area contributed by atoms with Crippen molar-refractivity contribution in [2.75, 3.05) is 11.4 Å². The van der Waals surface area contributed by atoms with Gasteiger partial charge in [-0.3, -0.25) is 0 Å². The number of pyridine rings is 1. The summed E-state index contributed by atoms with van der Waals surface area (Å²) < 4.78 is 37.9. The molecule has 0 bridgehead atoms. The zero-order valence-corrected chi connectivity index (χ0v) is 9.82. The lowest BCUT2D eigenvalue weighted by Crippen LogP contribution is -2.45. The Hall–Kier alpha value is -1.59. The average molecular weight is 257 g/mol. The van der Waals surface area contributed by atoms with E-state index in [4.69, 9.17) is 0 Å². The minimum atomic E-state index is -4.23. The van der Waals surface area contributed by atoms with Crippen LogP contribution >= 0.6 is 0 Å². The Bertz CT molecular complexity index is 427. The van der Waals surface area contributed by atoms with Crippen LogP contribution in [0.2, 0.25) is 0 Å². The van der Waals surface area contributed by atoms with Crippen molar-refractivity contribution < 1.29 is 13.2 Å². The largest absolute Gasteiger partial charge is 0.405 e. The molecule has 0 atom stereocenters. The van der Waals surface area contributed by atoms with Gasteiger partial charge in [0.15, 0.2) is 5.82 Å². The summed E-state index contributed by atoms with van der Waals surface area (Å²) in [5, 5.41) is 0. The molecule has 0 radical (unpaired) electrons. The minimum absolute atomic E-state index is 0.0728. The van der Waals surface area contributed by atoms with Gasteiger partial charge in [-0.2, -0.15) is 13.2 Å². The van der Waals surface area contributed by atoms with Crippen molar-refractivity contribution in [1.82, 2.24) is 4.98 Å². The first-order chi connectivity index (χ1) is 8.51. The van der Waals surface area contributed by atoms with Crippen molar-refractivity contribution >= 4 is 18.2 Å². The zero-order chi connectivity index (χ0) is 13.2. The third-order valence-electron chi connectivity index (χ3n) is 3.09. The van der Waals surface area contributed by atoms with Gasteiger partial charge in [0.05, 0.1) is 5.69 Å². The van der Waals surface area contributed by atoms with Gasteiger partial charge in [-0.05, 0) is 38.1 Å². The fourth-order valence-electron chi connectivity index (χ4n) is 2.04. The summed E-state index contributed by atoms with van der Waals surface area (Å²) in [5.74, 6) is 0.258. The van der Waals surface area contributed by atoms with Crippen LogP contribution in [0, 0.1) is 0 Å². The van der Waals surface area contributed by atoms with Gasteiger partial charge in [0, 0.05) is 12.2 Å². The van der Waals surface area contributed by atoms with Crippen LogP contribution < -0.4 is 4.90 Å². The number of rotatable bonds is 4. The van der Waals surface area contributed by atoms with Crippen molar-refractivity contribution in [1.29, 1.82) is 0 Å². The predicted molar refractivity (Wildman–Crippen MR) is 64.5 cm³/mol. The van der Waals surface area contributed by atoms with E-state index in [-0.39, 0.29) is 11.9 Å². The van der Waals surface area contributed by atoms with E-state index in [1.54, 1.807) is 12.1 Å². The summed E-state index contributed by atoms with van der Waals surface area (Å²) in [4.78, 5) is 8.99. The monoisotopic (exact) mass is 257 g/mol. The van der Waals surface area contributed by atoms with Crippen LogP contribution in [-0.4, -0.2) is 30.5 Å². The van der Waals surface area contributed by atoms with E-state index in [1.807, 2.05) is 0 Å². The molecule has 2 rings (SSSR count). The first-order valence-electron chi connectivity index (χ1n) is 5.76. The van der Waals surface area contributed by atoms with Gasteiger partial charge in [-0.1, -0.05) is 0 Å². The second-order valence-electron chi connectivity index (χ2n) is 4.33. The van der Waals surface area contributed by atoms with Crippen molar-refractivity contribution in [2.24, 2.45) is 4.99 Å². The second-order valence-corrected chi connectivity index (χ2v) is 4.33. The van der Waals surface area contributed by atoms with Crippen LogP contribution in [0.25, 0.3) is 0 Å². The summed E-state index contributed by atoms with van der Waals surface area (Å²) >= 11 is 0. The molecular formula is C12H14F3N3. The molecule has 1 aromatic heterocycles. The molecular weight excluding hydrogens is 243 g/mol. The van der Waals surface area contributed by atoms with E-state index in [9.17, 15) is 13.2 Å². The van der Waals surface area contributed by atoms with Crippen LogP contribution in [0.3, 0.4) is 0 Å². The maximum Gasteiger partial charge on any atom is 0.405 e. The molecule has 0 amide bonds. The van der Waals surface area contributed by atoms with Crippen molar-refractivity contribution in [2.45, 2.75) is 31.5 Å². The lowest BCUT2D eigenvalue weighted by Gasteiger charge is -2.39. The molecule has 0 saturated heterocycles. The molecule has 1 heterocycles. The summed E-state index contributed by atoms with van der Waals surface area (Å²) in [7, 11) is 0. The predicted octanol–water partition coefficient (Wildman–Crippen LogP) is 3.33. The van der Waals surface area contributed by atoms with Crippen molar-refractivity contribution in [3.63, 3.8) is 0 Å². The molecule has 0 aromatic carbocycles. The molecule has 1 saturated carbocycles. The Morgan fingerprint density at radius 1 is 1.44 bits per heavy atom. The number of hydrogen-bond donors (Lipinski definition) is 0. The van der Waals surface area contributed by atoms with Gasteiger partial charge in [0.1, 0.15) is 6.54 Å². The molecule has 98 valence electrons. The number of nitrogens with zero attached hydrogens (tertiary/aromatic N) is 3. The Labute approximate surface area is 103 Å². The molecule has 1 aromatic rings. The first kappa shape index (κ1) is 12.9. The van der Waals surface area contributed by atoms with E-state index in [1.165, 1.54) is 11.1 Å². The highest BCUT2D eigenvalue weighted by molar-refractivity contribution is 5.65. The summed E-state index contributed by atoms with van der Waals surface area (Å²) in [6, 6.07) is 3.16. The number of aromatic nitrogens is 1. The lowest BCUT2D eigenvalue weighted by molar-refractivity contribution is -0.121. The smallest absolute Gasteiger partial charge is 0.356 e. The van der Waals surface area contributed by atoms with Gasteiger partial charge in [0.2, 0.25) is 0 Å². The third-order valence-corrected chi connectivity index (χ3v) is 3.09. The highest BCUT2D eigenvalue weighted by Crippen LogP contribution is 2.36. The molecule has 0 unspecified atom stereocenters. The summed E-state index contributed by atoms with van der Waals surface area (Å²) in [6.07, 6.45) is -0.205. The maximum atomic E-state index is 12.6. The average Bonchev–Trinajstić information content (AvgIpc) is 2.24. The van der Waals surface area contributed by atoms with Crippen LogP contribution in [0.5, 0.6) is 0 Å². The minimum Gasteiger partial charge on any atom is -0.356 e. The van der Waals surface area contributed by atoms with Gasteiger partial charge in [-0.15, -0.1) is 0 Å². The summed E-state index contributed by atoms with van der Waals surface area (Å²) in [5.41, 5.74) is 0.412. The number of anilines is 1. The Balaban J connectivity index is 2.30. The molecule has 1 fully saturated rings. The summed E-state index contributed by atoms with van der Waals surface area (Å²) in [6.45, 7) is 2.39. The standard InChI is InChI=1S/C12H14F3N3/c1-16-11-10(6-3-7-17-11)18(8-12(13,14)15)9-4-2-5-9/h3,6-7,9H,1-2,4-5,8H2. The van der Waals surface area contributed by atoms with E-state index in [2.05, 4.69) is 16.7 Å². The zero-order valence-electron chi connectivity index (χ0n) is 9.82. The van der Waals surface area contributed by atoms with E-state index in [0.717, 1.165) is 19.3 Å². The van der Waals surface area contributed by atoms with Crippen LogP contribution in [0.4, 0.5) is 24.7 Å². The SMILES string of the molecule is C=Nc1ncccc1N(CC(F)(F)F)C1CCC1. The fraction of sp³-hybridized carbons (Fsp3) is 0.500. The van der Waals surface area contributed by atoms with Gasteiger partial charge in [0.25, 0.3) is 0 Å². The number of alkyl halides is 3. The van der Waals surface area contributed by atoms with E-state index < -0.39 is 12.7 Å². The van der Waals surface area contributed by atoms with Crippen LogP contribution in [0.15, 0.2) is 23.3 Å². The fourth-order valence-corrected chi connectivity index (χ4v) is 2.04. The van der Waals surface area contributed by atoms with Crippen molar-refractivity contribution in [3.8, 4) is 0 Å².